The largest absolute Gasteiger partial charge is 0.324 e. The second-order valence-electron chi connectivity index (χ2n) is 3.83. The van der Waals surface area contributed by atoms with E-state index in [-0.39, 0.29) is 5.69 Å². The number of amides is 1. The topological polar surface area (TPSA) is 55.1 Å². The van der Waals surface area contributed by atoms with Crippen LogP contribution in [0.1, 0.15) is 13.8 Å². The van der Waals surface area contributed by atoms with Gasteiger partial charge in [0.25, 0.3) is 0 Å². The summed E-state index contributed by atoms with van der Waals surface area (Å²) in [6.07, 6.45) is 0. The van der Waals surface area contributed by atoms with E-state index in [0.717, 1.165) is 18.2 Å². The smallest absolute Gasteiger partial charge is 0.243 e. The fraction of sp³-hybridized carbons (Fsp3) is 0.300. The van der Waals surface area contributed by atoms with Gasteiger partial charge < -0.3 is 11.1 Å². The Hall–Kier alpha value is -1.49. The molecular weight excluding hydrogens is 202 g/mol. The molecule has 0 saturated carbocycles. The van der Waals surface area contributed by atoms with Crippen molar-refractivity contribution in [1.82, 2.24) is 0 Å². The van der Waals surface area contributed by atoms with E-state index >= 15 is 0 Å². The monoisotopic (exact) mass is 214 g/mol. The minimum atomic E-state index is -1.09. The number of carbonyl (C=O) groups excluding carboxylic acids is 1. The third kappa shape index (κ3) is 3.28. The van der Waals surface area contributed by atoms with Gasteiger partial charge in [-0.05, 0) is 26.0 Å². The van der Waals surface area contributed by atoms with E-state index in [1.165, 1.54) is 13.8 Å². The van der Waals surface area contributed by atoms with Crippen molar-refractivity contribution in [2.75, 3.05) is 5.32 Å². The van der Waals surface area contributed by atoms with E-state index in [9.17, 15) is 13.6 Å². The second kappa shape index (κ2) is 3.94. The van der Waals surface area contributed by atoms with E-state index in [2.05, 4.69) is 5.32 Å². The number of anilines is 1. The van der Waals surface area contributed by atoms with Crippen LogP contribution in [-0.4, -0.2) is 11.4 Å². The first-order valence-corrected chi connectivity index (χ1v) is 4.35. The molecule has 0 aliphatic heterocycles. The maximum Gasteiger partial charge on any atom is 0.243 e. The van der Waals surface area contributed by atoms with Crippen LogP contribution >= 0.6 is 0 Å². The molecule has 15 heavy (non-hydrogen) atoms. The second-order valence-corrected chi connectivity index (χ2v) is 3.83. The minimum absolute atomic E-state index is 0.0519. The molecular formula is C10H12F2N2O. The van der Waals surface area contributed by atoms with Crippen molar-refractivity contribution in [3.8, 4) is 0 Å². The zero-order valence-electron chi connectivity index (χ0n) is 8.47. The van der Waals surface area contributed by atoms with Gasteiger partial charge in [-0.3, -0.25) is 4.79 Å². The Labute approximate surface area is 86.3 Å². The molecule has 5 heteroatoms. The maximum atomic E-state index is 12.8. The molecule has 0 atom stereocenters. The van der Waals surface area contributed by atoms with E-state index in [4.69, 9.17) is 5.73 Å². The van der Waals surface area contributed by atoms with Gasteiger partial charge in [-0.1, -0.05) is 0 Å². The standard InChI is InChI=1S/C10H12F2N2O/c1-10(2,13)9(15)14-8-4-6(11)3-7(12)5-8/h3-5H,13H2,1-2H3,(H,14,15). The molecule has 0 spiro atoms. The Balaban J connectivity index is 2.86. The molecule has 0 bridgehead atoms. The Morgan fingerprint density at radius 2 is 1.73 bits per heavy atom. The summed E-state index contributed by atoms with van der Waals surface area (Å²) in [5.74, 6) is -2.01. The normalized spacial score (nSPS) is 11.3. The molecule has 1 rings (SSSR count). The van der Waals surface area contributed by atoms with Crippen LogP contribution < -0.4 is 11.1 Å². The third-order valence-electron chi connectivity index (χ3n) is 1.71. The fourth-order valence-corrected chi connectivity index (χ4v) is 0.918. The van der Waals surface area contributed by atoms with Crippen molar-refractivity contribution >= 4 is 11.6 Å². The van der Waals surface area contributed by atoms with Crippen LogP contribution in [0.25, 0.3) is 0 Å². The van der Waals surface area contributed by atoms with Crippen LogP contribution in [0.3, 0.4) is 0 Å². The maximum absolute atomic E-state index is 12.8. The zero-order valence-corrected chi connectivity index (χ0v) is 8.47. The number of nitrogens with one attached hydrogen (secondary N) is 1. The summed E-state index contributed by atoms with van der Waals surface area (Å²) < 4.78 is 25.5. The third-order valence-corrected chi connectivity index (χ3v) is 1.71. The predicted octanol–water partition coefficient (Wildman–Crippen LogP) is 1.64. The van der Waals surface area contributed by atoms with Gasteiger partial charge in [-0.25, -0.2) is 8.78 Å². The van der Waals surface area contributed by atoms with E-state index < -0.39 is 23.1 Å². The molecule has 82 valence electrons. The summed E-state index contributed by atoms with van der Waals surface area (Å²) in [7, 11) is 0. The van der Waals surface area contributed by atoms with E-state index in [0.29, 0.717) is 0 Å². The molecule has 0 fully saturated rings. The lowest BCUT2D eigenvalue weighted by atomic mass is 10.1. The number of hydrogen-bond acceptors (Lipinski definition) is 2. The molecule has 0 aromatic heterocycles. The van der Waals surface area contributed by atoms with Crippen molar-refractivity contribution in [2.45, 2.75) is 19.4 Å². The Bertz CT molecular complexity index is 365. The van der Waals surface area contributed by atoms with Gasteiger partial charge in [0.15, 0.2) is 0 Å². The average molecular weight is 214 g/mol. The molecule has 0 aliphatic carbocycles. The molecule has 0 aliphatic rings. The summed E-state index contributed by atoms with van der Waals surface area (Å²) >= 11 is 0. The Morgan fingerprint density at radius 3 is 2.13 bits per heavy atom. The minimum Gasteiger partial charge on any atom is -0.324 e. The summed E-state index contributed by atoms with van der Waals surface area (Å²) in [6, 6.07) is 2.77. The van der Waals surface area contributed by atoms with Crippen LogP contribution in [0.4, 0.5) is 14.5 Å². The van der Waals surface area contributed by atoms with Crippen molar-refractivity contribution in [3.05, 3.63) is 29.8 Å². The molecule has 1 amide bonds. The van der Waals surface area contributed by atoms with Gasteiger partial charge in [-0.2, -0.15) is 0 Å². The first kappa shape index (κ1) is 11.6. The molecule has 1 aromatic rings. The summed E-state index contributed by atoms with van der Waals surface area (Å²) in [6.45, 7) is 3.00. The fourth-order valence-electron chi connectivity index (χ4n) is 0.918. The highest BCUT2D eigenvalue weighted by Crippen LogP contribution is 2.14. The first-order valence-electron chi connectivity index (χ1n) is 4.35. The zero-order chi connectivity index (χ0) is 11.6. The van der Waals surface area contributed by atoms with Gasteiger partial charge in [0.2, 0.25) is 5.91 Å². The number of halogens is 2. The van der Waals surface area contributed by atoms with Crippen molar-refractivity contribution in [3.63, 3.8) is 0 Å². The number of nitrogens with two attached hydrogens (primary N) is 1. The molecule has 3 N–H and O–H groups in total. The SMILES string of the molecule is CC(C)(N)C(=O)Nc1cc(F)cc(F)c1. The van der Waals surface area contributed by atoms with Gasteiger partial charge >= 0.3 is 0 Å². The molecule has 0 heterocycles. The summed E-state index contributed by atoms with van der Waals surface area (Å²) in [4.78, 5) is 11.4. The van der Waals surface area contributed by atoms with E-state index in [1.807, 2.05) is 0 Å². The number of carbonyl (C=O) groups is 1. The van der Waals surface area contributed by atoms with Crippen LogP contribution in [0.5, 0.6) is 0 Å². The lowest BCUT2D eigenvalue weighted by Crippen LogP contribution is -2.45. The predicted molar refractivity (Wildman–Crippen MR) is 53.3 cm³/mol. The van der Waals surface area contributed by atoms with Crippen molar-refractivity contribution in [2.24, 2.45) is 5.73 Å². The van der Waals surface area contributed by atoms with Gasteiger partial charge in [0, 0.05) is 11.8 Å². The Morgan fingerprint density at radius 1 is 1.27 bits per heavy atom. The van der Waals surface area contributed by atoms with Crippen molar-refractivity contribution < 1.29 is 13.6 Å². The number of hydrogen-bond donors (Lipinski definition) is 2. The molecule has 3 nitrogen and oxygen atoms in total. The highest BCUT2D eigenvalue weighted by atomic mass is 19.1. The van der Waals surface area contributed by atoms with Crippen LogP contribution in [0.2, 0.25) is 0 Å². The highest BCUT2D eigenvalue weighted by Gasteiger charge is 2.21. The van der Waals surface area contributed by atoms with E-state index in [1.54, 1.807) is 0 Å². The summed E-state index contributed by atoms with van der Waals surface area (Å²) in [5.41, 5.74) is 4.46. The van der Waals surface area contributed by atoms with Gasteiger partial charge in [0.1, 0.15) is 11.6 Å². The van der Waals surface area contributed by atoms with Crippen LogP contribution in [0, 0.1) is 11.6 Å². The number of benzene rings is 1. The lowest BCUT2D eigenvalue weighted by Gasteiger charge is -2.17. The molecule has 0 saturated heterocycles. The molecule has 0 unspecified atom stereocenters. The van der Waals surface area contributed by atoms with Gasteiger partial charge in [0.05, 0.1) is 5.54 Å². The average Bonchev–Trinajstić information content (AvgIpc) is 1.99. The lowest BCUT2D eigenvalue weighted by molar-refractivity contribution is -0.120. The first-order chi connectivity index (χ1) is 6.79. The Kier molecular flexibility index (Phi) is 3.04. The highest BCUT2D eigenvalue weighted by molar-refractivity contribution is 5.97. The van der Waals surface area contributed by atoms with Crippen LogP contribution in [0.15, 0.2) is 18.2 Å². The molecule has 1 aromatic carbocycles. The van der Waals surface area contributed by atoms with Crippen molar-refractivity contribution in [1.29, 1.82) is 0 Å². The number of rotatable bonds is 2. The quantitative estimate of drug-likeness (QED) is 0.786. The molecule has 0 radical (unpaired) electrons. The van der Waals surface area contributed by atoms with Crippen LogP contribution in [-0.2, 0) is 4.79 Å². The summed E-state index contributed by atoms with van der Waals surface area (Å²) in [5, 5.41) is 2.32. The van der Waals surface area contributed by atoms with Gasteiger partial charge in [-0.15, -0.1) is 0 Å².